The topological polar surface area (TPSA) is 95.9 Å². The molecule has 1 amide bonds. The van der Waals surface area contributed by atoms with Crippen LogP contribution in [-0.2, 0) is 14.3 Å². The molecule has 0 spiro atoms. The Morgan fingerprint density at radius 3 is 1.79 bits per heavy atom. The van der Waals surface area contributed by atoms with E-state index in [9.17, 15) is 14.7 Å². The molecule has 222 valence electrons. The summed E-state index contributed by atoms with van der Waals surface area (Å²) in [7, 11) is 0. The number of amides is 1. The van der Waals surface area contributed by atoms with Crippen LogP contribution in [0.1, 0.15) is 92.4 Å². The van der Waals surface area contributed by atoms with E-state index >= 15 is 0 Å². The molecule has 0 saturated carbocycles. The third kappa shape index (κ3) is 26.7. The SMILES string of the molecule is C/C=C\C/C=C\C/C=C\C/C=C\CC.CC/C=C\C/C=C\CCC(=O)OCCCNC(=O)C(O)C(C)(C)CO. The fourth-order valence-corrected chi connectivity index (χ4v) is 2.86. The summed E-state index contributed by atoms with van der Waals surface area (Å²) < 4.78 is 5.08. The van der Waals surface area contributed by atoms with Crippen LogP contribution >= 0.6 is 0 Å². The number of nitrogens with one attached hydrogen (secondary N) is 1. The zero-order valence-corrected chi connectivity index (χ0v) is 25.1. The number of rotatable bonds is 20. The largest absolute Gasteiger partial charge is 0.466 e. The Balaban J connectivity index is 0. The summed E-state index contributed by atoms with van der Waals surface area (Å²) >= 11 is 0. The molecule has 0 aliphatic heterocycles. The van der Waals surface area contributed by atoms with Crippen LogP contribution in [-0.4, -0.2) is 48.0 Å². The molecule has 0 rings (SSSR count). The predicted molar refractivity (Wildman–Crippen MR) is 164 cm³/mol. The van der Waals surface area contributed by atoms with Gasteiger partial charge in [-0.15, -0.1) is 0 Å². The first-order valence-electron chi connectivity index (χ1n) is 14.3. The Hall–Kier alpha value is -2.70. The van der Waals surface area contributed by atoms with Gasteiger partial charge in [0.25, 0.3) is 0 Å². The molecule has 0 heterocycles. The standard InChI is InChI=1S/C19H33NO5.C14H22/c1-4-5-6-7-8-9-10-12-16(22)25-14-11-13-20-18(24)17(23)19(2,3)15-21;1-3-5-7-9-11-13-14-12-10-8-6-4-2/h5-6,8-9,17,21,23H,4,7,10-15H2,1-3H3,(H,20,24);3,5-6,8-9,11-12,14H,4,7,10,13H2,1-2H3/b6-5-,9-8-;5-3-,8-6-,11-9-,14-12-. The van der Waals surface area contributed by atoms with E-state index in [0.717, 1.165) is 38.5 Å². The van der Waals surface area contributed by atoms with Gasteiger partial charge in [-0.1, -0.05) is 101 Å². The number of carbonyl (C=O) groups excluding carboxylic acids is 2. The molecule has 0 aromatic carbocycles. The minimum atomic E-state index is -1.28. The fourth-order valence-electron chi connectivity index (χ4n) is 2.86. The molecule has 39 heavy (non-hydrogen) atoms. The monoisotopic (exact) mass is 545 g/mol. The number of aliphatic hydroxyl groups is 2. The molecule has 6 nitrogen and oxygen atoms in total. The lowest BCUT2D eigenvalue weighted by Crippen LogP contribution is -2.45. The Bertz CT molecular complexity index is 775. The highest BCUT2D eigenvalue weighted by molar-refractivity contribution is 5.81. The second-order valence-corrected chi connectivity index (χ2v) is 9.64. The maximum atomic E-state index is 11.7. The van der Waals surface area contributed by atoms with E-state index in [0.29, 0.717) is 25.8 Å². The minimum absolute atomic E-state index is 0.224. The number of aliphatic hydroxyl groups excluding tert-OH is 2. The van der Waals surface area contributed by atoms with Crippen molar-refractivity contribution in [3.05, 3.63) is 72.9 Å². The normalized spacial score (nSPS) is 13.2. The Kier molecular flexibility index (Phi) is 27.9. The van der Waals surface area contributed by atoms with E-state index in [2.05, 4.69) is 79.9 Å². The fraction of sp³-hybridized carbons (Fsp3) is 0.576. The average molecular weight is 546 g/mol. The minimum Gasteiger partial charge on any atom is -0.466 e. The molecule has 0 bridgehead atoms. The molecule has 0 fully saturated rings. The van der Waals surface area contributed by atoms with Crippen molar-refractivity contribution in [2.45, 2.75) is 98.5 Å². The van der Waals surface area contributed by atoms with Crippen molar-refractivity contribution < 1.29 is 24.5 Å². The predicted octanol–water partition coefficient (Wildman–Crippen LogP) is 6.92. The van der Waals surface area contributed by atoms with Crippen LogP contribution in [0.15, 0.2) is 72.9 Å². The highest BCUT2D eigenvalue weighted by Gasteiger charge is 2.32. The van der Waals surface area contributed by atoms with Gasteiger partial charge in [0.1, 0.15) is 6.10 Å². The summed E-state index contributed by atoms with van der Waals surface area (Å²) in [5, 5.41) is 21.5. The van der Waals surface area contributed by atoms with E-state index in [1.54, 1.807) is 13.8 Å². The molecular weight excluding hydrogens is 490 g/mol. The molecule has 0 saturated heterocycles. The Morgan fingerprint density at radius 1 is 0.821 bits per heavy atom. The molecule has 6 heteroatoms. The number of hydrogen-bond donors (Lipinski definition) is 3. The summed E-state index contributed by atoms with van der Waals surface area (Å²) in [5.74, 6) is -0.797. The molecule has 1 unspecified atom stereocenters. The van der Waals surface area contributed by atoms with Crippen LogP contribution in [0.3, 0.4) is 0 Å². The summed E-state index contributed by atoms with van der Waals surface area (Å²) in [5.41, 5.74) is -0.892. The third-order valence-electron chi connectivity index (χ3n) is 5.42. The van der Waals surface area contributed by atoms with Crippen molar-refractivity contribution in [3.63, 3.8) is 0 Å². The molecule has 1 atom stereocenters. The van der Waals surface area contributed by atoms with Gasteiger partial charge in [-0.2, -0.15) is 0 Å². The van der Waals surface area contributed by atoms with E-state index < -0.39 is 17.4 Å². The first-order valence-corrected chi connectivity index (χ1v) is 14.3. The van der Waals surface area contributed by atoms with Crippen molar-refractivity contribution in [1.29, 1.82) is 0 Å². The highest BCUT2D eigenvalue weighted by atomic mass is 16.5. The lowest BCUT2D eigenvalue weighted by molar-refractivity contribution is -0.143. The van der Waals surface area contributed by atoms with Gasteiger partial charge in [0, 0.05) is 18.4 Å². The van der Waals surface area contributed by atoms with Crippen molar-refractivity contribution in [3.8, 4) is 0 Å². The van der Waals surface area contributed by atoms with Gasteiger partial charge < -0.3 is 20.3 Å². The number of carbonyl (C=O) groups is 2. The van der Waals surface area contributed by atoms with Gasteiger partial charge in [0.15, 0.2) is 0 Å². The van der Waals surface area contributed by atoms with Crippen LogP contribution in [0.5, 0.6) is 0 Å². The van der Waals surface area contributed by atoms with Crippen molar-refractivity contribution in [2.24, 2.45) is 5.41 Å². The molecule has 0 aromatic rings. The molecule has 0 aliphatic carbocycles. The molecule has 0 aliphatic rings. The quantitative estimate of drug-likeness (QED) is 0.0877. The molecule has 0 aromatic heterocycles. The summed E-state index contributed by atoms with van der Waals surface area (Å²) in [6, 6.07) is 0. The average Bonchev–Trinajstić information content (AvgIpc) is 2.93. The van der Waals surface area contributed by atoms with Gasteiger partial charge in [-0.3, -0.25) is 9.59 Å². The summed E-state index contributed by atoms with van der Waals surface area (Å²) in [4.78, 5) is 23.3. The smallest absolute Gasteiger partial charge is 0.306 e. The zero-order chi connectivity index (χ0) is 29.6. The van der Waals surface area contributed by atoms with E-state index in [1.165, 1.54) is 0 Å². The number of esters is 1. The highest BCUT2D eigenvalue weighted by Crippen LogP contribution is 2.19. The second-order valence-electron chi connectivity index (χ2n) is 9.64. The maximum absolute atomic E-state index is 11.7. The van der Waals surface area contributed by atoms with E-state index in [4.69, 9.17) is 9.84 Å². The van der Waals surface area contributed by atoms with E-state index in [1.807, 2.05) is 19.1 Å². The Labute approximate surface area is 238 Å². The van der Waals surface area contributed by atoms with Crippen LogP contribution in [0.25, 0.3) is 0 Å². The first-order chi connectivity index (χ1) is 18.8. The van der Waals surface area contributed by atoms with Gasteiger partial charge in [0.2, 0.25) is 5.91 Å². The molecule has 0 radical (unpaired) electrons. The van der Waals surface area contributed by atoms with Gasteiger partial charge in [0.05, 0.1) is 13.2 Å². The lowest BCUT2D eigenvalue weighted by atomic mass is 9.87. The summed E-state index contributed by atoms with van der Waals surface area (Å²) in [6.07, 6.45) is 32.0. The van der Waals surface area contributed by atoms with Crippen molar-refractivity contribution in [2.75, 3.05) is 19.8 Å². The Morgan fingerprint density at radius 2 is 1.31 bits per heavy atom. The van der Waals surface area contributed by atoms with Crippen LogP contribution < -0.4 is 5.32 Å². The maximum Gasteiger partial charge on any atom is 0.306 e. The van der Waals surface area contributed by atoms with Crippen molar-refractivity contribution >= 4 is 11.9 Å². The van der Waals surface area contributed by atoms with Crippen LogP contribution in [0, 0.1) is 5.41 Å². The van der Waals surface area contributed by atoms with Crippen LogP contribution in [0.2, 0.25) is 0 Å². The van der Waals surface area contributed by atoms with Gasteiger partial charge in [-0.05, 0) is 58.3 Å². The lowest BCUT2D eigenvalue weighted by Gasteiger charge is -2.27. The summed E-state index contributed by atoms with van der Waals surface area (Å²) in [6.45, 7) is 9.73. The van der Waals surface area contributed by atoms with Crippen LogP contribution in [0.4, 0.5) is 0 Å². The number of allylic oxidation sites excluding steroid dienone is 12. The molecular formula is C33H55NO5. The third-order valence-corrected chi connectivity index (χ3v) is 5.42. The second kappa shape index (κ2) is 28.3. The number of ether oxygens (including phenoxy) is 1. The molecule has 3 N–H and O–H groups in total. The number of hydrogen-bond acceptors (Lipinski definition) is 5. The van der Waals surface area contributed by atoms with Gasteiger partial charge >= 0.3 is 5.97 Å². The van der Waals surface area contributed by atoms with Crippen molar-refractivity contribution in [1.82, 2.24) is 5.32 Å². The van der Waals surface area contributed by atoms with Gasteiger partial charge in [-0.25, -0.2) is 0 Å². The zero-order valence-electron chi connectivity index (χ0n) is 25.1. The first kappa shape index (κ1) is 38.4. The van der Waals surface area contributed by atoms with E-state index in [-0.39, 0.29) is 19.2 Å².